The molecule has 5 heteroatoms. The van der Waals surface area contributed by atoms with Crippen molar-refractivity contribution < 1.29 is 19.7 Å². The Morgan fingerprint density at radius 3 is 2.67 bits per heavy atom. The first-order valence-corrected chi connectivity index (χ1v) is 5.92. The summed E-state index contributed by atoms with van der Waals surface area (Å²) in [4.78, 5) is 10.7. The van der Waals surface area contributed by atoms with Crippen LogP contribution in [0.4, 0.5) is 0 Å². The third kappa shape index (κ3) is 3.29. The molecule has 18 heavy (non-hydrogen) atoms. The Bertz CT molecular complexity index is 410. The highest BCUT2D eigenvalue weighted by Gasteiger charge is 2.31. The van der Waals surface area contributed by atoms with E-state index in [4.69, 9.17) is 9.84 Å². The van der Waals surface area contributed by atoms with Gasteiger partial charge < -0.3 is 20.3 Å². The fourth-order valence-electron chi connectivity index (χ4n) is 1.94. The number of carbonyl (C=O) groups is 1. The summed E-state index contributed by atoms with van der Waals surface area (Å²) in [5, 5.41) is 21.9. The number of carboxylic acids is 1. The Morgan fingerprint density at radius 1 is 1.39 bits per heavy atom. The van der Waals surface area contributed by atoms with Crippen molar-refractivity contribution >= 4 is 5.97 Å². The molecule has 0 bridgehead atoms. The first-order valence-electron chi connectivity index (χ1n) is 5.92. The number of aromatic carboxylic acids is 1. The van der Waals surface area contributed by atoms with Crippen LogP contribution in [0.5, 0.6) is 0 Å². The molecule has 0 radical (unpaired) electrons. The molecule has 0 spiro atoms. The second-order valence-corrected chi connectivity index (χ2v) is 4.63. The Labute approximate surface area is 105 Å². The molecule has 1 saturated heterocycles. The van der Waals surface area contributed by atoms with Gasteiger partial charge in [-0.1, -0.05) is 12.1 Å². The van der Waals surface area contributed by atoms with Gasteiger partial charge in [-0.3, -0.25) is 0 Å². The van der Waals surface area contributed by atoms with E-state index in [1.165, 1.54) is 0 Å². The number of hydrogen-bond donors (Lipinski definition) is 3. The van der Waals surface area contributed by atoms with Crippen molar-refractivity contribution in [1.29, 1.82) is 0 Å². The molecule has 1 unspecified atom stereocenters. The smallest absolute Gasteiger partial charge is 0.335 e. The number of carboxylic acid groups (broad SMARTS) is 1. The minimum atomic E-state index is -0.924. The lowest BCUT2D eigenvalue weighted by molar-refractivity contribution is 0.0268. The molecule has 0 amide bonds. The van der Waals surface area contributed by atoms with E-state index >= 15 is 0 Å². The lowest BCUT2D eigenvalue weighted by Gasteiger charge is -2.20. The van der Waals surface area contributed by atoms with Crippen molar-refractivity contribution in [3.8, 4) is 0 Å². The zero-order valence-electron chi connectivity index (χ0n) is 10.1. The van der Waals surface area contributed by atoms with Crippen molar-refractivity contribution in [2.45, 2.75) is 18.6 Å². The standard InChI is InChI=1S/C13H17NO4/c15-12(16)11-3-1-10(2-4-11)7-14-8-13(17)5-6-18-9-13/h1-4,14,17H,5-9H2,(H,15,16). The average molecular weight is 251 g/mol. The number of ether oxygens (including phenoxy) is 1. The van der Waals surface area contributed by atoms with Crippen LogP contribution in [0.2, 0.25) is 0 Å². The molecule has 1 aromatic carbocycles. The summed E-state index contributed by atoms with van der Waals surface area (Å²) >= 11 is 0. The van der Waals surface area contributed by atoms with Gasteiger partial charge >= 0.3 is 5.97 Å². The largest absolute Gasteiger partial charge is 0.478 e. The van der Waals surface area contributed by atoms with E-state index in [1.54, 1.807) is 24.3 Å². The van der Waals surface area contributed by atoms with Crippen LogP contribution in [-0.4, -0.2) is 41.5 Å². The Hall–Kier alpha value is -1.43. The number of aliphatic hydroxyl groups is 1. The SMILES string of the molecule is O=C(O)c1ccc(CNCC2(O)CCOC2)cc1. The average Bonchev–Trinajstić information content (AvgIpc) is 2.77. The number of rotatable bonds is 5. The van der Waals surface area contributed by atoms with Crippen molar-refractivity contribution in [2.75, 3.05) is 19.8 Å². The zero-order valence-corrected chi connectivity index (χ0v) is 10.1. The van der Waals surface area contributed by atoms with Gasteiger partial charge in [0, 0.05) is 26.1 Å². The first kappa shape index (κ1) is 13.0. The van der Waals surface area contributed by atoms with E-state index in [-0.39, 0.29) is 5.56 Å². The third-order valence-electron chi connectivity index (χ3n) is 3.07. The summed E-state index contributed by atoms with van der Waals surface area (Å²) in [5.74, 6) is -0.924. The molecule has 5 nitrogen and oxygen atoms in total. The molecule has 1 aromatic rings. The first-order chi connectivity index (χ1) is 8.59. The number of nitrogens with one attached hydrogen (secondary N) is 1. The minimum Gasteiger partial charge on any atom is -0.478 e. The van der Waals surface area contributed by atoms with Crippen molar-refractivity contribution in [3.63, 3.8) is 0 Å². The van der Waals surface area contributed by atoms with E-state index in [1.807, 2.05) is 0 Å². The second-order valence-electron chi connectivity index (χ2n) is 4.63. The molecule has 98 valence electrons. The highest BCUT2D eigenvalue weighted by atomic mass is 16.5. The van der Waals surface area contributed by atoms with Gasteiger partial charge in [-0.05, 0) is 17.7 Å². The molecule has 1 aliphatic rings. The van der Waals surface area contributed by atoms with E-state index in [0.29, 0.717) is 32.7 Å². The topological polar surface area (TPSA) is 78.8 Å². The summed E-state index contributed by atoms with van der Waals surface area (Å²) in [5.41, 5.74) is 0.505. The molecule has 1 heterocycles. The van der Waals surface area contributed by atoms with Crippen LogP contribution in [-0.2, 0) is 11.3 Å². The van der Waals surface area contributed by atoms with Gasteiger partial charge in [0.25, 0.3) is 0 Å². The summed E-state index contributed by atoms with van der Waals surface area (Å²) in [6, 6.07) is 6.69. The molecule has 1 aliphatic heterocycles. The number of benzene rings is 1. The maximum absolute atomic E-state index is 10.7. The monoisotopic (exact) mass is 251 g/mol. The van der Waals surface area contributed by atoms with Crippen molar-refractivity contribution in [1.82, 2.24) is 5.32 Å². The predicted octanol–water partition coefficient (Wildman–Crippen LogP) is 0.626. The van der Waals surface area contributed by atoms with Gasteiger partial charge in [0.2, 0.25) is 0 Å². The molecule has 0 aliphatic carbocycles. The van der Waals surface area contributed by atoms with E-state index in [2.05, 4.69) is 5.32 Å². The van der Waals surface area contributed by atoms with E-state index in [9.17, 15) is 9.90 Å². The summed E-state index contributed by atoms with van der Waals surface area (Å²) in [6.45, 7) is 2.05. The summed E-state index contributed by atoms with van der Waals surface area (Å²) in [7, 11) is 0. The van der Waals surface area contributed by atoms with Gasteiger partial charge in [0.05, 0.1) is 12.2 Å². The molecule has 0 saturated carbocycles. The fraction of sp³-hybridized carbons (Fsp3) is 0.462. The lowest BCUT2D eigenvalue weighted by Crippen LogP contribution is -2.40. The predicted molar refractivity (Wildman–Crippen MR) is 65.5 cm³/mol. The summed E-state index contributed by atoms with van der Waals surface area (Å²) in [6.07, 6.45) is 0.651. The van der Waals surface area contributed by atoms with Crippen molar-refractivity contribution in [3.05, 3.63) is 35.4 Å². The molecule has 3 N–H and O–H groups in total. The summed E-state index contributed by atoms with van der Waals surface area (Å²) < 4.78 is 5.15. The number of hydrogen-bond acceptors (Lipinski definition) is 4. The molecule has 1 fully saturated rings. The Kier molecular flexibility index (Phi) is 3.96. The third-order valence-corrected chi connectivity index (χ3v) is 3.07. The van der Waals surface area contributed by atoms with Crippen LogP contribution in [0.15, 0.2) is 24.3 Å². The molecular weight excluding hydrogens is 234 g/mol. The van der Waals surface area contributed by atoms with Crippen molar-refractivity contribution in [2.24, 2.45) is 0 Å². The maximum atomic E-state index is 10.7. The van der Waals surface area contributed by atoms with E-state index < -0.39 is 11.6 Å². The van der Waals surface area contributed by atoms with Crippen LogP contribution in [0.1, 0.15) is 22.3 Å². The lowest BCUT2D eigenvalue weighted by atomic mass is 10.0. The van der Waals surface area contributed by atoms with Crippen LogP contribution >= 0.6 is 0 Å². The van der Waals surface area contributed by atoms with Gasteiger partial charge in [-0.2, -0.15) is 0 Å². The van der Waals surface area contributed by atoms with Gasteiger partial charge in [0.15, 0.2) is 0 Å². The second kappa shape index (κ2) is 5.48. The maximum Gasteiger partial charge on any atom is 0.335 e. The molecule has 1 atom stereocenters. The Balaban J connectivity index is 1.81. The molecular formula is C13H17NO4. The van der Waals surface area contributed by atoms with Crippen LogP contribution in [0.3, 0.4) is 0 Å². The van der Waals surface area contributed by atoms with Crippen LogP contribution in [0.25, 0.3) is 0 Å². The highest BCUT2D eigenvalue weighted by Crippen LogP contribution is 2.17. The molecule has 2 rings (SSSR count). The van der Waals surface area contributed by atoms with E-state index in [0.717, 1.165) is 5.56 Å². The van der Waals surface area contributed by atoms with Gasteiger partial charge in [0.1, 0.15) is 5.60 Å². The van der Waals surface area contributed by atoms with Gasteiger partial charge in [-0.15, -0.1) is 0 Å². The van der Waals surface area contributed by atoms with Gasteiger partial charge in [-0.25, -0.2) is 4.79 Å². The quantitative estimate of drug-likeness (QED) is 0.715. The fourth-order valence-corrected chi connectivity index (χ4v) is 1.94. The van der Waals surface area contributed by atoms with Crippen LogP contribution < -0.4 is 5.32 Å². The molecule has 0 aromatic heterocycles. The highest BCUT2D eigenvalue weighted by molar-refractivity contribution is 5.87. The minimum absolute atomic E-state index is 0.279. The Morgan fingerprint density at radius 2 is 2.11 bits per heavy atom. The zero-order chi connectivity index (χ0) is 13.0. The van der Waals surface area contributed by atoms with Crippen LogP contribution in [0, 0.1) is 0 Å². The normalized spacial score (nSPS) is 23.2.